The molecule has 0 saturated carbocycles. The Morgan fingerprint density at radius 1 is 0.905 bits per heavy atom. The van der Waals surface area contributed by atoms with Crippen LogP contribution in [0, 0.1) is 13.8 Å². The van der Waals surface area contributed by atoms with E-state index in [1.165, 1.54) is 11.1 Å². The second kappa shape index (κ2) is 7.26. The zero-order valence-electron chi connectivity index (χ0n) is 11.8. The second-order valence-corrected chi connectivity index (χ2v) is 5.99. The lowest BCUT2D eigenvalue weighted by Gasteiger charge is -2.11. The molecule has 0 aliphatic heterocycles. The molecule has 0 amide bonds. The van der Waals surface area contributed by atoms with E-state index in [0.29, 0.717) is 28.2 Å². The van der Waals surface area contributed by atoms with E-state index >= 15 is 0 Å². The summed E-state index contributed by atoms with van der Waals surface area (Å²) in [6, 6.07) is 9.38. The Bertz CT molecular complexity index is 644. The highest BCUT2D eigenvalue weighted by molar-refractivity contribution is 6.44. The van der Waals surface area contributed by atoms with Crippen LogP contribution in [0.5, 0.6) is 5.75 Å². The molecule has 21 heavy (non-hydrogen) atoms. The summed E-state index contributed by atoms with van der Waals surface area (Å²) in [7, 11) is 0. The molecule has 112 valence electrons. The zero-order chi connectivity index (χ0) is 15.4. The summed E-state index contributed by atoms with van der Waals surface area (Å²) in [5, 5.41) is 4.63. The maximum atomic E-state index is 6.09. The van der Waals surface area contributed by atoms with Gasteiger partial charge < -0.3 is 10.1 Å². The predicted octanol–water partition coefficient (Wildman–Crippen LogP) is 5.75. The van der Waals surface area contributed by atoms with Crippen LogP contribution in [0.25, 0.3) is 0 Å². The van der Waals surface area contributed by atoms with Crippen LogP contribution in [-0.4, -0.2) is 13.2 Å². The summed E-state index contributed by atoms with van der Waals surface area (Å²) in [5.41, 5.74) is 3.21. The lowest BCUT2D eigenvalue weighted by atomic mass is 10.1. The molecule has 0 radical (unpaired) electrons. The zero-order valence-corrected chi connectivity index (χ0v) is 14.1. The van der Waals surface area contributed by atoms with Crippen LogP contribution in [0.3, 0.4) is 0 Å². The van der Waals surface area contributed by atoms with Gasteiger partial charge in [-0.05, 0) is 49.2 Å². The number of nitrogens with one attached hydrogen (secondary N) is 1. The van der Waals surface area contributed by atoms with E-state index in [2.05, 4.69) is 19.2 Å². The molecule has 0 bridgehead atoms. The van der Waals surface area contributed by atoms with Gasteiger partial charge in [-0.1, -0.05) is 40.9 Å². The SMILES string of the molecule is Cc1ccc(OCCNc2cc(Cl)c(Cl)cc2Cl)cc1C. The number of anilines is 1. The molecular formula is C16H16Cl3NO. The number of benzene rings is 2. The largest absolute Gasteiger partial charge is 0.492 e. The Balaban J connectivity index is 1.87. The molecule has 0 saturated heterocycles. The van der Waals surface area contributed by atoms with Crippen LogP contribution in [0.4, 0.5) is 5.69 Å². The average Bonchev–Trinajstić information content (AvgIpc) is 2.44. The summed E-state index contributed by atoms with van der Waals surface area (Å²) >= 11 is 17.9. The van der Waals surface area contributed by atoms with Crippen molar-refractivity contribution in [3.8, 4) is 5.75 Å². The summed E-state index contributed by atoms with van der Waals surface area (Å²) in [5.74, 6) is 0.861. The van der Waals surface area contributed by atoms with E-state index in [-0.39, 0.29) is 0 Å². The van der Waals surface area contributed by atoms with Crippen LogP contribution >= 0.6 is 34.8 Å². The molecule has 1 N–H and O–H groups in total. The van der Waals surface area contributed by atoms with Gasteiger partial charge in [0.2, 0.25) is 0 Å². The fraction of sp³-hybridized carbons (Fsp3) is 0.250. The van der Waals surface area contributed by atoms with Gasteiger partial charge in [-0.3, -0.25) is 0 Å². The first-order chi connectivity index (χ1) is 9.97. The monoisotopic (exact) mass is 343 g/mol. The number of hydrogen-bond acceptors (Lipinski definition) is 2. The molecule has 0 unspecified atom stereocenters. The Morgan fingerprint density at radius 3 is 2.33 bits per heavy atom. The number of halogens is 3. The molecule has 0 atom stereocenters. The Labute approximate surface area is 140 Å². The fourth-order valence-corrected chi connectivity index (χ4v) is 2.43. The lowest BCUT2D eigenvalue weighted by Crippen LogP contribution is -2.11. The minimum atomic E-state index is 0.443. The van der Waals surface area contributed by atoms with E-state index in [1.54, 1.807) is 12.1 Å². The average molecular weight is 345 g/mol. The number of ether oxygens (including phenoxy) is 1. The quantitative estimate of drug-likeness (QED) is 0.550. The first kappa shape index (κ1) is 16.3. The maximum absolute atomic E-state index is 6.09. The standard InChI is InChI=1S/C16H16Cl3NO/c1-10-3-4-12(7-11(10)2)21-6-5-20-16-9-14(18)13(17)8-15(16)19/h3-4,7-9,20H,5-6H2,1-2H3. The van der Waals surface area contributed by atoms with Crippen molar-refractivity contribution in [3.05, 3.63) is 56.5 Å². The molecule has 0 aliphatic carbocycles. The minimum Gasteiger partial charge on any atom is -0.492 e. The minimum absolute atomic E-state index is 0.443. The fourth-order valence-electron chi connectivity index (χ4n) is 1.82. The number of rotatable bonds is 5. The molecule has 0 aliphatic rings. The summed E-state index contributed by atoms with van der Waals surface area (Å²) in [4.78, 5) is 0. The summed E-state index contributed by atoms with van der Waals surface area (Å²) in [6.45, 7) is 5.28. The van der Waals surface area contributed by atoms with Crippen LogP contribution < -0.4 is 10.1 Å². The van der Waals surface area contributed by atoms with Gasteiger partial charge in [0.15, 0.2) is 0 Å². The van der Waals surface area contributed by atoms with E-state index in [9.17, 15) is 0 Å². The number of hydrogen-bond donors (Lipinski definition) is 1. The Morgan fingerprint density at radius 2 is 1.62 bits per heavy atom. The van der Waals surface area contributed by atoms with Gasteiger partial charge in [0.1, 0.15) is 12.4 Å². The van der Waals surface area contributed by atoms with Gasteiger partial charge in [0.25, 0.3) is 0 Å². The third kappa shape index (κ3) is 4.44. The third-order valence-corrected chi connectivity index (χ3v) is 4.21. The molecule has 2 rings (SSSR count). The van der Waals surface area contributed by atoms with Gasteiger partial charge in [-0.15, -0.1) is 0 Å². The van der Waals surface area contributed by atoms with Crippen LogP contribution in [0.1, 0.15) is 11.1 Å². The first-order valence-electron chi connectivity index (χ1n) is 6.56. The molecule has 2 aromatic rings. The van der Waals surface area contributed by atoms with Crippen molar-refractivity contribution in [2.24, 2.45) is 0 Å². The van der Waals surface area contributed by atoms with E-state index in [0.717, 1.165) is 11.4 Å². The van der Waals surface area contributed by atoms with Crippen molar-refractivity contribution in [3.63, 3.8) is 0 Å². The van der Waals surface area contributed by atoms with E-state index < -0.39 is 0 Å². The van der Waals surface area contributed by atoms with Gasteiger partial charge in [-0.25, -0.2) is 0 Å². The van der Waals surface area contributed by atoms with Crippen LogP contribution in [-0.2, 0) is 0 Å². The lowest BCUT2D eigenvalue weighted by molar-refractivity contribution is 0.332. The van der Waals surface area contributed by atoms with Gasteiger partial charge in [0.05, 0.1) is 20.8 Å². The maximum Gasteiger partial charge on any atom is 0.119 e. The van der Waals surface area contributed by atoms with Crippen molar-refractivity contribution < 1.29 is 4.74 Å². The Hall–Kier alpha value is -1.09. The summed E-state index contributed by atoms with van der Waals surface area (Å²) in [6.07, 6.45) is 0. The molecule has 2 aromatic carbocycles. The first-order valence-corrected chi connectivity index (χ1v) is 7.69. The highest BCUT2D eigenvalue weighted by Crippen LogP contribution is 2.32. The predicted molar refractivity (Wildman–Crippen MR) is 91.4 cm³/mol. The molecule has 0 spiro atoms. The molecule has 0 fully saturated rings. The summed E-state index contributed by atoms with van der Waals surface area (Å²) < 4.78 is 5.69. The van der Waals surface area contributed by atoms with Gasteiger partial charge in [-0.2, -0.15) is 0 Å². The van der Waals surface area contributed by atoms with Crippen molar-refractivity contribution in [1.82, 2.24) is 0 Å². The third-order valence-electron chi connectivity index (χ3n) is 3.17. The van der Waals surface area contributed by atoms with Crippen LogP contribution in [0.2, 0.25) is 15.1 Å². The molecule has 0 aromatic heterocycles. The van der Waals surface area contributed by atoms with Crippen molar-refractivity contribution in [2.45, 2.75) is 13.8 Å². The van der Waals surface area contributed by atoms with Crippen molar-refractivity contribution in [1.29, 1.82) is 0 Å². The molecular weight excluding hydrogens is 329 g/mol. The van der Waals surface area contributed by atoms with E-state index in [4.69, 9.17) is 39.5 Å². The smallest absolute Gasteiger partial charge is 0.119 e. The highest BCUT2D eigenvalue weighted by Gasteiger charge is 2.05. The molecule has 0 heterocycles. The highest BCUT2D eigenvalue weighted by atomic mass is 35.5. The molecule has 5 heteroatoms. The van der Waals surface area contributed by atoms with Gasteiger partial charge >= 0.3 is 0 Å². The topological polar surface area (TPSA) is 21.3 Å². The van der Waals surface area contributed by atoms with Crippen molar-refractivity contribution in [2.75, 3.05) is 18.5 Å². The van der Waals surface area contributed by atoms with E-state index in [1.807, 2.05) is 18.2 Å². The Kier molecular flexibility index (Phi) is 5.63. The van der Waals surface area contributed by atoms with Crippen LogP contribution in [0.15, 0.2) is 30.3 Å². The van der Waals surface area contributed by atoms with Gasteiger partial charge in [0, 0.05) is 6.54 Å². The normalized spacial score (nSPS) is 10.5. The van der Waals surface area contributed by atoms with Crippen molar-refractivity contribution >= 4 is 40.5 Å². The second-order valence-electron chi connectivity index (χ2n) is 4.77. The number of aryl methyl sites for hydroxylation is 2. The molecule has 2 nitrogen and oxygen atoms in total.